The zero-order valence-electron chi connectivity index (χ0n) is 13.2. The number of halogens is 1. The van der Waals surface area contributed by atoms with Crippen LogP contribution in [0.3, 0.4) is 0 Å². The molecule has 4 aromatic rings. The second-order valence-corrected chi connectivity index (χ2v) is 6.05. The van der Waals surface area contributed by atoms with Crippen LogP contribution in [-0.2, 0) is 6.54 Å². The Morgan fingerprint density at radius 3 is 2.88 bits per heavy atom. The van der Waals surface area contributed by atoms with Crippen molar-refractivity contribution in [2.75, 3.05) is 11.9 Å². The lowest BCUT2D eigenvalue weighted by atomic mass is 10.2. The molecule has 5 nitrogen and oxygen atoms in total. The number of fused-ring (bicyclic) bond motifs is 2. The third kappa shape index (κ3) is 2.67. The fourth-order valence-corrected chi connectivity index (χ4v) is 3.10. The van der Waals surface area contributed by atoms with E-state index in [-0.39, 0.29) is 0 Å². The number of hydrogen-bond donors (Lipinski definition) is 1. The smallest absolute Gasteiger partial charge is 0.137 e. The lowest BCUT2D eigenvalue weighted by molar-refractivity contribution is 0.720. The van der Waals surface area contributed by atoms with Gasteiger partial charge in [-0.3, -0.25) is 0 Å². The van der Waals surface area contributed by atoms with Gasteiger partial charge in [0.05, 0.1) is 16.6 Å². The molecule has 0 saturated carbocycles. The number of anilines is 1. The van der Waals surface area contributed by atoms with Crippen LogP contribution < -0.4 is 5.32 Å². The zero-order chi connectivity index (χ0) is 16.5. The van der Waals surface area contributed by atoms with Crippen LogP contribution >= 0.6 is 11.6 Å². The van der Waals surface area contributed by atoms with E-state index in [2.05, 4.69) is 30.9 Å². The van der Waals surface area contributed by atoms with Gasteiger partial charge in [0.2, 0.25) is 0 Å². The first-order valence-electron chi connectivity index (χ1n) is 7.78. The third-order valence-electron chi connectivity index (χ3n) is 4.07. The van der Waals surface area contributed by atoms with E-state index in [0.29, 0.717) is 5.02 Å². The molecule has 0 spiro atoms. The van der Waals surface area contributed by atoms with Gasteiger partial charge in [0.25, 0.3) is 0 Å². The molecule has 0 atom stereocenters. The highest BCUT2D eigenvalue weighted by Crippen LogP contribution is 2.22. The second kappa shape index (κ2) is 6.09. The van der Waals surface area contributed by atoms with Crippen LogP contribution in [-0.4, -0.2) is 26.1 Å². The Balaban J connectivity index is 1.56. The quantitative estimate of drug-likeness (QED) is 0.610. The maximum Gasteiger partial charge on any atom is 0.137 e. The van der Waals surface area contributed by atoms with Crippen LogP contribution in [0.4, 0.5) is 5.82 Å². The molecule has 1 N–H and O–H groups in total. The Bertz CT molecular complexity index is 1020. The van der Waals surface area contributed by atoms with E-state index in [4.69, 9.17) is 11.6 Å². The summed E-state index contributed by atoms with van der Waals surface area (Å²) >= 11 is 6.02. The van der Waals surface area contributed by atoms with Crippen molar-refractivity contribution in [2.24, 2.45) is 0 Å². The van der Waals surface area contributed by atoms with Crippen molar-refractivity contribution >= 4 is 39.4 Å². The minimum absolute atomic E-state index is 0.674. The molecule has 2 aromatic heterocycles. The van der Waals surface area contributed by atoms with Gasteiger partial charge in [0, 0.05) is 23.5 Å². The number of hydrogen-bond acceptors (Lipinski definition) is 4. The molecule has 0 bridgehead atoms. The first kappa shape index (κ1) is 14.9. The summed E-state index contributed by atoms with van der Waals surface area (Å²) in [5.74, 6) is 1.83. The van der Waals surface area contributed by atoms with Gasteiger partial charge in [-0.2, -0.15) is 0 Å². The van der Waals surface area contributed by atoms with E-state index in [1.807, 2.05) is 43.3 Å². The molecule has 120 valence electrons. The molecule has 0 saturated heterocycles. The van der Waals surface area contributed by atoms with Gasteiger partial charge in [-0.1, -0.05) is 23.7 Å². The number of para-hydroxylation sites is 2. The average molecular weight is 338 g/mol. The Hall–Kier alpha value is -2.66. The highest BCUT2D eigenvalue weighted by Gasteiger charge is 2.07. The van der Waals surface area contributed by atoms with E-state index in [1.54, 1.807) is 6.33 Å². The molecule has 0 aliphatic heterocycles. The Labute approximate surface area is 144 Å². The van der Waals surface area contributed by atoms with Crippen LogP contribution in [0.15, 0.2) is 48.8 Å². The predicted molar refractivity (Wildman–Crippen MR) is 97.5 cm³/mol. The molecule has 0 fully saturated rings. The Morgan fingerprint density at radius 2 is 1.96 bits per heavy atom. The number of imidazole rings is 1. The topological polar surface area (TPSA) is 55.6 Å². The van der Waals surface area contributed by atoms with Gasteiger partial charge in [-0.15, -0.1) is 0 Å². The number of rotatable bonds is 4. The fraction of sp³-hybridized carbons (Fsp3) is 0.167. The predicted octanol–water partition coefficient (Wildman–Crippen LogP) is 4.05. The Morgan fingerprint density at radius 1 is 1.08 bits per heavy atom. The van der Waals surface area contributed by atoms with Gasteiger partial charge < -0.3 is 9.88 Å². The number of nitrogens with one attached hydrogen (secondary N) is 1. The van der Waals surface area contributed by atoms with Crippen LogP contribution in [0.1, 0.15) is 5.82 Å². The van der Waals surface area contributed by atoms with Crippen molar-refractivity contribution in [1.82, 2.24) is 19.5 Å². The standard InChI is InChI=1S/C18H16ClN5/c1-12-23-15-4-2-3-5-17(15)24(12)9-8-20-18-14-7-6-13(19)10-16(14)21-11-22-18/h2-7,10-11H,8-9H2,1H3,(H,20,21,22). The van der Waals surface area contributed by atoms with E-state index in [1.165, 1.54) is 0 Å². The zero-order valence-corrected chi connectivity index (χ0v) is 14.0. The van der Waals surface area contributed by atoms with E-state index in [0.717, 1.165) is 46.7 Å². The summed E-state index contributed by atoms with van der Waals surface area (Å²) in [7, 11) is 0. The van der Waals surface area contributed by atoms with Gasteiger partial charge in [-0.25, -0.2) is 15.0 Å². The molecular formula is C18H16ClN5. The van der Waals surface area contributed by atoms with Crippen molar-refractivity contribution in [2.45, 2.75) is 13.5 Å². The van der Waals surface area contributed by atoms with Crippen LogP contribution in [0.2, 0.25) is 5.02 Å². The Kier molecular flexibility index (Phi) is 3.78. The molecule has 0 aliphatic rings. The lowest BCUT2D eigenvalue weighted by Crippen LogP contribution is -2.12. The molecule has 0 radical (unpaired) electrons. The molecule has 0 aliphatic carbocycles. The summed E-state index contributed by atoms with van der Waals surface area (Å²) in [5, 5.41) is 5.04. The van der Waals surface area contributed by atoms with E-state index >= 15 is 0 Å². The fourth-order valence-electron chi connectivity index (χ4n) is 2.94. The highest BCUT2D eigenvalue weighted by atomic mass is 35.5. The molecule has 24 heavy (non-hydrogen) atoms. The minimum Gasteiger partial charge on any atom is -0.368 e. The first-order chi connectivity index (χ1) is 11.7. The summed E-state index contributed by atoms with van der Waals surface area (Å²) in [6.07, 6.45) is 1.55. The summed E-state index contributed by atoms with van der Waals surface area (Å²) in [6.45, 7) is 3.59. The largest absolute Gasteiger partial charge is 0.368 e. The van der Waals surface area contributed by atoms with Crippen molar-refractivity contribution < 1.29 is 0 Å². The maximum atomic E-state index is 6.02. The molecule has 4 rings (SSSR count). The van der Waals surface area contributed by atoms with Gasteiger partial charge in [0.15, 0.2) is 0 Å². The first-order valence-corrected chi connectivity index (χ1v) is 8.16. The van der Waals surface area contributed by atoms with Crippen molar-refractivity contribution in [3.63, 3.8) is 0 Å². The van der Waals surface area contributed by atoms with E-state index < -0.39 is 0 Å². The summed E-state index contributed by atoms with van der Waals surface area (Å²) < 4.78 is 2.21. The molecule has 2 heterocycles. The van der Waals surface area contributed by atoms with Crippen LogP contribution in [0, 0.1) is 6.92 Å². The van der Waals surface area contributed by atoms with Crippen LogP contribution in [0.5, 0.6) is 0 Å². The third-order valence-corrected chi connectivity index (χ3v) is 4.31. The number of aromatic nitrogens is 4. The summed E-state index contributed by atoms with van der Waals surface area (Å²) in [6, 6.07) is 13.8. The van der Waals surface area contributed by atoms with Gasteiger partial charge in [-0.05, 0) is 37.3 Å². The van der Waals surface area contributed by atoms with Gasteiger partial charge >= 0.3 is 0 Å². The average Bonchev–Trinajstić information content (AvgIpc) is 2.90. The number of benzene rings is 2. The molecular weight excluding hydrogens is 322 g/mol. The minimum atomic E-state index is 0.674. The number of nitrogens with zero attached hydrogens (tertiary/aromatic N) is 4. The molecule has 2 aromatic carbocycles. The monoisotopic (exact) mass is 337 g/mol. The van der Waals surface area contributed by atoms with Gasteiger partial charge in [0.1, 0.15) is 18.0 Å². The van der Waals surface area contributed by atoms with Crippen molar-refractivity contribution in [3.8, 4) is 0 Å². The van der Waals surface area contributed by atoms with Crippen molar-refractivity contribution in [3.05, 3.63) is 59.6 Å². The number of aryl methyl sites for hydroxylation is 1. The maximum absolute atomic E-state index is 6.02. The van der Waals surface area contributed by atoms with E-state index in [9.17, 15) is 0 Å². The molecule has 6 heteroatoms. The normalized spacial score (nSPS) is 11.2. The lowest BCUT2D eigenvalue weighted by Gasteiger charge is -2.10. The van der Waals surface area contributed by atoms with Crippen LogP contribution in [0.25, 0.3) is 21.9 Å². The highest BCUT2D eigenvalue weighted by molar-refractivity contribution is 6.31. The molecule has 0 amide bonds. The SMILES string of the molecule is Cc1nc2ccccc2n1CCNc1ncnc2cc(Cl)ccc12. The molecule has 0 unspecified atom stereocenters. The summed E-state index contributed by atoms with van der Waals surface area (Å²) in [4.78, 5) is 13.2. The summed E-state index contributed by atoms with van der Waals surface area (Å²) in [5.41, 5.74) is 3.01. The second-order valence-electron chi connectivity index (χ2n) is 5.61. The van der Waals surface area contributed by atoms with Crippen molar-refractivity contribution in [1.29, 1.82) is 0 Å².